The lowest BCUT2D eigenvalue weighted by molar-refractivity contribution is 0.601. The predicted octanol–water partition coefficient (Wildman–Crippen LogP) is 3.73. The monoisotopic (exact) mass is 365 g/mol. The largest absolute Gasteiger partial charge is 0.382 e. The second kappa shape index (κ2) is 5.88. The summed E-state index contributed by atoms with van der Waals surface area (Å²) in [5.74, 6) is 0.0482. The number of hydrogen-bond acceptors (Lipinski definition) is 4. The summed E-state index contributed by atoms with van der Waals surface area (Å²) < 4.78 is 26.9. The van der Waals surface area contributed by atoms with E-state index in [4.69, 9.17) is 40.5 Å². The van der Waals surface area contributed by atoms with Crippen LogP contribution in [0.4, 0.5) is 11.5 Å². The second-order valence-corrected chi connectivity index (χ2v) is 7.13. The molecule has 0 unspecified atom stereocenters. The summed E-state index contributed by atoms with van der Waals surface area (Å²) in [5.41, 5.74) is 6.35. The highest BCUT2D eigenvalue weighted by Gasteiger charge is 2.18. The SMILES string of the molecule is Cc1cc(Cl)c(NS(=O)(=O)c2cnc(N)c(Cl)c2)cc1Cl. The van der Waals surface area contributed by atoms with Gasteiger partial charge in [-0.25, -0.2) is 13.4 Å². The number of rotatable bonds is 3. The van der Waals surface area contributed by atoms with Crippen LogP contribution in [0.3, 0.4) is 0 Å². The summed E-state index contributed by atoms with van der Waals surface area (Å²) in [7, 11) is -3.90. The number of sulfonamides is 1. The summed E-state index contributed by atoms with van der Waals surface area (Å²) in [5, 5.41) is 0.673. The third-order valence-corrected chi connectivity index (χ3v) is 5.00. The number of nitrogens with one attached hydrogen (secondary N) is 1. The zero-order valence-electron chi connectivity index (χ0n) is 10.7. The van der Waals surface area contributed by atoms with E-state index >= 15 is 0 Å². The van der Waals surface area contributed by atoms with Crippen molar-refractivity contribution in [1.82, 2.24) is 4.98 Å². The van der Waals surface area contributed by atoms with Gasteiger partial charge in [-0.05, 0) is 30.7 Å². The maximum atomic E-state index is 12.3. The molecule has 21 heavy (non-hydrogen) atoms. The molecule has 3 N–H and O–H groups in total. The van der Waals surface area contributed by atoms with E-state index in [9.17, 15) is 8.42 Å². The highest BCUT2D eigenvalue weighted by atomic mass is 35.5. The summed E-state index contributed by atoms with van der Waals surface area (Å²) in [6, 6.07) is 4.20. The Hall–Kier alpha value is -1.21. The first kappa shape index (κ1) is 16.2. The fourth-order valence-electron chi connectivity index (χ4n) is 1.51. The molecule has 5 nitrogen and oxygen atoms in total. The van der Waals surface area contributed by atoms with Crippen LogP contribution in [0, 0.1) is 6.92 Å². The van der Waals surface area contributed by atoms with E-state index < -0.39 is 10.0 Å². The Morgan fingerprint density at radius 1 is 1.10 bits per heavy atom. The number of benzene rings is 1. The lowest BCUT2D eigenvalue weighted by Crippen LogP contribution is -2.14. The van der Waals surface area contributed by atoms with Crippen molar-refractivity contribution in [3.63, 3.8) is 0 Å². The number of aromatic nitrogens is 1. The Morgan fingerprint density at radius 2 is 1.76 bits per heavy atom. The lowest BCUT2D eigenvalue weighted by Gasteiger charge is -2.11. The van der Waals surface area contributed by atoms with Crippen molar-refractivity contribution < 1.29 is 8.42 Å². The van der Waals surface area contributed by atoms with E-state index in [-0.39, 0.29) is 26.4 Å². The minimum atomic E-state index is -3.90. The molecule has 2 rings (SSSR count). The molecule has 1 aromatic carbocycles. The minimum Gasteiger partial charge on any atom is -0.382 e. The van der Waals surface area contributed by atoms with Crippen LogP contribution in [0.1, 0.15) is 5.56 Å². The smallest absolute Gasteiger partial charge is 0.263 e. The molecule has 0 fully saturated rings. The van der Waals surface area contributed by atoms with Crippen molar-refractivity contribution in [2.75, 3.05) is 10.5 Å². The van der Waals surface area contributed by atoms with Gasteiger partial charge >= 0.3 is 0 Å². The van der Waals surface area contributed by atoms with Crippen molar-refractivity contribution >= 4 is 56.3 Å². The fourth-order valence-corrected chi connectivity index (χ4v) is 3.26. The summed E-state index contributed by atoms with van der Waals surface area (Å²) in [4.78, 5) is 3.58. The Morgan fingerprint density at radius 3 is 2.38 bits per heavy atom. The molecule has 0 saturated heterocycles. The van der Waals surface area contributed by atoms with E-state index in [0.717, 1.165) is 11.8 Å². The Labute approximate surface area is 137 Å². The van der Waals surface area contributed by atoms with Crippen molar-refractivity contribution in [3.05, 3.63) is 45.0 Å². The van der Waals surface area contributed by atoms with E-state index in [1.807, 2.05) is 0 Å². The van der Waals surface area contributed by atoms with Crippen LogP contribution in [0.5, 0.6) is 0 Å². The summed E-state index contributed by atoms with van der Waals surface area (Å²) in [6.45, 7) is 1.76. The molecule has 0 atom stereocenters. The van der Waals surface area contributed by atoms with Crippen LogP contribution in [-0.2, 0) is 10.0 Å². The molecule has 0 aliphatic heterocycles. The van der Waals surface area contributed by atoms with E-state index in [2.05, 4.69) is 9.71 Å². The topological polar surface area (TPSA) is 85.1 Å². The number of hydrogen-bond donors (Lipinski definition) is 2. The third-order valence-electron chi connectivity index (χ3n) is 2.65. The average molecular weight is 367 g/mol. The Kier molecular flexibility index (Phi) is 4.53. The molecule has 0 spiro atoms. The van der Waals surface area contributed by atoms with Gasteiger partial charge in [0.15, 0.2) is 0 Å². The second-order valence-electron chi connectivity index (χ2n) is 4.22. The van der Waals surface area contributed by atoms with Gasteiger partial charge in [0.25, 0.3) is 10.0 Å². The molecular weight excluding hydrogens is 357 g/mol. The van der Waals surface area contributed by atoms with Gasteiger partial charge < -0.3 is 5.73 Å². The molecule has 0 amide bonds. The van der Waals surface area contributed by atoms with Crippen molar-refractivity contribution in [3.8, 4) is 0 Å². The third kappa shape index (κ3) is 3.52. The maximum Gasteiger partial charge on any atom is 0.263 e. The zero-order chi connectivity index (χ0) is 15.8. The zero-order valence-corrected chi connectivity index (χ0v) is 13.8. The fraction of sp³-hybridized carbons (Fsp3) is 0.0833. The first-order chi connectivity index (χ1) is 9.70. The van der Waals surface area contributed by atoms with Crippen molar-refractivity contribution in [1.29, 1.82) is 0 Å². The van der Waals surface area contributed by atoms with E-state index in [1.165, 1.54) is 12.1 Å². The van der Waals surface area contributed by atoms with E-state index in [0.29, 0.717) is 5.02 Å². The summed E-state index contributed by atoms with van der Waals surface area (Å²) in [6.07, 6.45) is 1.10. The molecule has 112 valence electrons. The van der Waals surface area contributed by atoms with Crippen LogP contribution in [0.15, 0.2) is 29.3 Å². The molecule has 0 aliphatic rings. The van der Waals surface area contributed by atoms with Gasteiger partial charge in [0.2, 0.25) is 0 Å². The Balaban J connectivity index is 2.42. The summed E-state index contributed by atoms with van der Waals surface area (Å²) >= 11 is 17.7. The molecule has 0 radical (unpaired) electrons. The molecule has 9 heteroatoms. The van der Waals surface area contributed by atoms with Gasteiger partial charge in [-0.1, -0.05) is 34.8 Å². The standard InChI is InChI=1S/C12H10Cl3N3O2S/c1-6-2-9(14)11(4-8(6)13)18-21(19,20)7-3-10(15)12(16)17-5-7/h2-5,18H,1H3,(H2,16,17). The van der Waals surface area contributed by atoms with Crippen LogP contribution in [0.2, 0.25) is 15.1 Å². The van der Waals surface area contributed by atoms with Gasteiger partial charge in [0.1, 0.15) is 10.7 Å². The van der Waals surface area contributed by atoms with Crippen LogP contribution >= 0.6 is 34.8 Å². The lowest BCUT2D eigenvalue weighted by atomic mass is 10.2. The molecule has 0 bridgehead atoms. The molecule has 0 saturated carbocycles. The van der Waals surface area contributed by atoms with Gasteiger partial charge in [0.05, 0.1) is 15.7 Å². The van der Waals surface area contributed by atoms with E-state index in [1.54, 1.807) is 13.0 Å². The highest BCUT2D eigenvalue weighted by Crippen LogP contribution is 2.31. The number of nitrogens with two attached hydrogens (primary N) is 1. The quantitative estimate of drug-likeness (QED) is 0.866. The first-order valence-electron chi connectivity index (χ1n) is 5.60. The predicted molar refractivity (Wildman–Crippen MR) is 85.7 cm³/mol. The molecule has 0 aliphatic carbocycles. The first-order valence-corrected chi connectivity index (χ1v) is 8.22. The number of nitrogens with zero attached hydrogens (tertiary/aromatic N) is 1. The van der Waals surface area contributed by atoms with Crippen molar-refractivity contribution in [2.45, 2.75) is 11.8 Å². The van der Waals surface area contributed by atoms with Gasteiger partial charge in [0, 0.05) is 11.2 Å². The maximum absolute atomic E-state index is 12.3. The number of pyridine rings is 1. The molecule has 2 aromatic rings. The highest BCUT2D eigenvalue weighted by molar-refractivity contribution is 7.92. The molecule has 1 aromatic heterocycles. The Bertz CT molecular complexity index is 810. The van der Waals surface area contributed by atoms with Crippen molar-refractivity contribution in [2.24, 2.45) is 0 Å². The number of anilines is 2. The normalized spacial score (nSPS) is 11.4. The van der Waals surface area contributed by atoms with Gasteiger partial charge in [-0.15, -0.1) is 0 Å². The minimum absolute atomic E-state index is 0.0471. The molecular formula is C12H10Cl3N3O2S. The number of nitrogen functional groups attached to an aromatic ring is 1. The van der Waals surface area contributed by atoms with Crippen LogP contribution in [0.25, 0.3) is 0 Å². The van der Waals surface area contributed by atoms with Gasteiger partial charge in [-0.2, -0.15) is 0 Å². The van der Waals surface area contributed by atoms with Gasteiger partial charge in [-0.3, -0.25) is 4.72 Å². The molecule has 1 heterocycles. The average Bonchev–Trinajstić information content (AvgIpc) is 2.39. The van der Waals surface area contributed by atoms with Crippen LogP contribution < -0.4 is 10.5 Å². The number of aryl methyl sites for hydroxylation is 1. The van der Waals surface area contributed by atoms with Crippen LogP contribution in [-0.4, -0.2) is 13.4 Å². The number of halogens is 3.